The molecule has 3 aliphatic rings. The number of nitrogens with one attached hydrogen (secondary N) is 1. The van der Waals surface area contributed by atoms with E-state index in [1.165, 1.54) is 26.7 Å². The van der Waals surface area contributed by atoms with Crippen LogP contribution in [0.5, 0.6) is 0 Å². The Morgan fingerprint density at radius 1 is 1.00 bits per heavy atom. The van der Waals surface area contributed by atoms with Crippen LogP contribution in [-0.2, 0) is 23.9 Å². The van der Waals surface area contributed by atoms with Crippen LogP contribution in [0.15, 0.2) is 12.2 Å². The Bertz CT molecular complexity index is 640. The van der Waals surface area contributed by atoms with Gasteiger partial charge in [-0.2, -0.15) is 0 Å². The van der Waals surface area contributed by atoms with Gasteiger partial charge in [0.05, 0.1) is 11.8 Å². The van der Waals surface area contributed by atoms with E-state index in [1.807, 2.05) is 12.2 Å². The second-order valence-electron chi connectivity index (χ2n) is 8.15. The highest BCUT2D eigenvalue weighted by Crippen LogP contribution is 2.36. The number of ether oxygens (including phenoxy) is 1. The van der Waals surface area contributed by atoms with Crippen molar-refractivity contribution in [3.8, 4) is 0 Å². The maximum atomic E-state index is 12.6. The summed E-state index contributed by atoms with van der Waals surface area (Å²) in [5.74, 6) is -2.47. The molecule has 4 atom stereocenters. The van der Waals surface area contributed by atoms with E-state index in [0.29, 0.717) is 12.8 Å². The molecule has 0 unspecified atom stereocenters. The zero-order chi connectivity index (χ0) is 20.3. The number of hydrogen-bond acceptors (Lipinski definition) is 5. The first kappa shape index (κ1) is 20.6. The van der Waals surface area contributed by atoms with Crippen LogP contribution in [0.2, 0.25) is 0 Å². The Balaban J connectivity index is 1.55. The van der Waals surface area contributed by atoms with Gasteiger partial charge in [0.25, 0.3) is 5.91 Å². The highest BCUT2D eigenvalue weighted by Gasteiger charge is 2.50. The van der Waals surface area contributed by atoms with Crippen LogP contribution in [0, 0.1) is 11.8 Å². The number of rotatable bonds is 5. The van der Waals surface area contributed by atoms with E-state index < -0.39 is 18.1 Å². The number of fused-ring (bicyclic) bond motifs is 1. The molecule has 0 aromatic rings. The van der Waals surface area contributed by atoms with E-state index in [1.54, 1.807) is 0 Å². The number of esters is 1. The molecule has 1 saturated carbocycles. The maximum absolute atomic E-state index is 12.6. The molecule has 0 bridgehead atoms. The summed E-state index contributed by atoms with van der Waals surface area (Å²) in [5.41, 5.74) is 0. The van der Waals surface area contributed by atoms with E-state index in [0.717, 1.165) is 30.6 Å². The van der Waals surface area contributed by atoms with E-state index in [-0.39, 0.29) is 35.6 Å². The molecule has 154 valence electrons. The standard InChI is InChI=1S/C21H30N2O5/c1-13(23-19(25)16-11-7-8-12-17(16)20(23)26)21(27)28-14(2)18(24)22-15-9-5-3-4-6-10-15/h7-8,13-17H,3-6,9-12H2,1-2H3,(H,22,24)/t13-,14+,16-,17+/m0/s1. The quantitative estimate of drug-likeness (QED) is 0.336. The third-order valence-corrected chi connectivity index (χ3v) is 6.13. The molecule has 1 heterocycles. The van der Waals surface area contributed by atoms with Crippen LogP contribution in [0.4, 0.5) is 0 Å². The Hall–Kier alpha value is -2.18. The molecule has 3 rings (SSSR count). The molecular weight excluding hydrogens is 360 g/mol. The molecule has 0 aromatic carbocycles. The molecular formula is C21H30N2O5. The first-order valence-corrected chi connectivity index (χ1v) is 10.4. The molecule has 1 N–H and O–H groups in total. The zero-order valence-corrected chi connectivity index (χ0v) is 16.7. The molecule has 1 saturated heterocycles. The lowest BCUT2D eigenvalue weighted by molar-refractivity contribution is -0.164. The SMILES string of the molecule is C[C@@H](OC(=O)[C@H](C)N1C(=O)[C@H]2CC=CC[C@H]2C1=O)C(=O)NC1CCCCCC1. The number of carbonyl (C=O) groups is 4. The van der Waals surface area contributed by atoms with Gasteiger partial charge in [-0.25, -0.2) is 4.79 Å². The Kier molecular flexibility index (Phi) is 6.52. The molecule has 2 aliphatic carbocycles. The largest absolute Gasteiger partial charge is 0.451 e. The molecule has 7 heteroatoms. The molecule has 0 aromatic heterocycles. The van der Waals surface area contributed by atoms with Gasteiger partial charge < -0.3 is 10.1 Å². The van der Waals surface area contributed by atoms with Crippen molar-refractivity contribution < 1.29 is 23.9 Å². The lowest BCUT2D eigenvalue weighted by atomic mass is 9.85. The van der Waals surface area contributed by atoms with E-state index in [9.17, 15) is 19.2 Å². The van der Waals surface area contributed by atoms with Crippen molar-refractivity contribution in [3.63, 3.8) is 0 Å². The van der Waals surface area contributed by atoms with E-state index >= 15 is 0 Å². The predicted octanol–water partition coefficient (Wildman–Crippen LogP) is 2.10. The van der Waals surface area contributed by atoms with E-state index in [2.05, 4.69) is 5.32 Å². The van der Waals surface area contributed by atoms with Crippen LogP contribution in [0.1, 0.15) is 65.2 Å². The molecule has 28 heavy (non-hydrogen) atoms. The second-order valence-corrected chi connectivity index (χ2v) is 8.15. The fraction of sp³-hybridized carbons (Fsp3) is 0.714. The van der Waals surface area contributed by atoms with Crippen molar-refractivity contribution in [2.24, 2.45) is 11.8 Å². The number of carbonyl (C=O) groups excluding carboxylic acids is 4. The highest BCUT2D eigenvalue weighted by atomic mass is 16.5. The summed E-state index contributed by atoms with van der Waals surface area (Å²) in [6, 6.07) is -0.912. The molecule has 3 amide bonds. The normalized spacial score (nSPS) is 27.7. The van der Waals surface area contributed by atoms with Crippen LogP contribution in [0.25, 0.3) is 0 Å². The van der Waals surface area contributed by atoms with Gasteiger partial charge in [0.15, 0.2) is 6.10 Å². The monoisotopic (exact) mass is 390 g/mol. The number of likely N-dealkylation sites (tertiary alicyclic amines) is 1. The van der Waals surface area contributed by atoms with Gasteiger partial charge >= 0.3 is 5.97 Å². The van der Waals surface area contributed by atoms with E-state index in [4.69, 9.17) is 4.74 Å². The predicted molar refractivity (Wildman–Crippen MR) is 102 cm³/mol. The second kappa shape index (κ2) is 8.88. The van der Waals surface area contributed by atoms with Crippen molar-refractivity contribution in [1.29, 1.82) is 0 Å². The van der Waals surface area contributed by atoms with Crippen molar-refractivity contribution in [2.45, 2.75) is 83.4 Å². The maximum Gasteiger partial charge on any atom is 0.329 e. The Labute approximate surface area is 165 Å². The third-order valence-electron chi connectivity index (χ3n) is 6.13. The summed E-state index contributed by atoms with van der Waals surface area (Å²) in [6.45, 7) is 3.01. The van der Waals surface area contributed by atoms with Crippen LogP contribution in [0.3, 0.4) is 0 Å². The summed E-state index contributed by atoms with van der Waals surface area (Å²) in [6.07, 6.45) is 10.3. The highest BCUT2D eigenvalue weighted by molar-refractivity contribution is 6.08. The number of nitrogens with zero attached hydrogens (tertiary/aromatic N) is 1. The zero-order valence-electron chi connectivity index (χ0n) is 16.7. The fourth-order valence-corrected chi connectivity index (χ4v) is 4.38. The summed E-state index contributed by atoms with van der Waals surface area (Å²) in [5, 5.41) is 2.96. The molecule has 2 fully saturated rings. The summed E-state index contributed by atoms with van der Waals surface area (Å²) < 4.78 is 5.30. The number of imide groups is 1. The third kappa shape index (κ3) is 4.28. The molecule has 0 radical (unpaired) electrons. The van der Waals surface area contributed by atoms with Crippen molar-refractivity contribution in [3.05, 3.63) is 12.2 Å². The van der Waals surface area contributed by atoms with Crippen molar-refractivity contribution in [2.75, 3.05) is 0 Å². The Morgan fingerprint density at radius 2 is 1.54 bits per heavy atom. The first-order chi connectivity index (χ1) is 13.4. The van der Waals surface area contributed by atoms with Gasteiger partial charge in [0, 0.05) is 6.04 Å². The lowest BCUT2D eigenvalue weighted by Crippen LogP contribution is -2.47. The number of allylic oxidation sites excluding steroid dienone is 2. The van der Waals surface area contributed by atoms with Gasteiger partial charge in [-0.05, 0) is 39.5 Å². The topological polar surface area (TPSA) is 92.8 Å². The minimum Gasteiger partial charge on any atom is -0.451 e. The van der Waals surface area contributed by atoms with Crippen LogP contribution >= 0.6 is 0 Å². The molecule has 7 nitrogen and oxygen atoms in total. The van der Waals surface area contributed by atoms with Crippen molar-refractivity contribution >= 4 is 23.7 Å². The number of amides is 3. The fourth-order valence-electron chi connectivity index (χ4n) is 4.38. The summed E-state index contributed by atoms with van der Waals surface area (Å²) in [4.78, 5) is 51.1. The molecule has 1 aliphatic heterocycles. The van der Waals surface area contributed by atoms with Gasteiger partial charge in [0.1, 0.15) is 6.04 Å². The van der Waals surface area contributed by atoms with Gasteiger partial charge in [0.2, 0.25) is 11.8 Å². The minimum atomic E-state index is -1.03. The average Bonchev–Trinajstić information content (AvgIpc) is 2.85. The van der Waals surface area contributed by atoms with Gasteiger partial charge in [-0.1, -0.05) is 37.8 Å². The lowest BCUT2D eigenvalue weighted by Gasteiger charge is -2.24. The van der Waals surface area contributed by atoms with Crippen molar-refractivity contribution in [1.82, 2.24) is 10.2 Å². The van der Waals surface area contributed by atoms with Gasteiger partial charge in [-0.15, -0.1) is 0 Å². The molecule has 0 spiro atoms. The summed E-state index contributed by atoms with van der Waals surface area (Å²) in [7, 11) is 0. The Morgan fingerprint density at radius 3 is 2.07 bits per heavy atom. The average molecular weight is 390 g/mol. The minimum absolute atomic E-state index is 0.117. The first-order valence-electron chi connectivity index (χ1n) is 10.4. The van der Waals surface area contributed by atoms with Gasteiger partial charge in [-0.3, -0.25) is 19.3 Å². The summed E-state index contributed by atoms with van der Waals surface area (Å²) >= 11 is 0. The number of hydrogen-bond donors (Lipinski definition) is 1. The smallest absolute Gasteiger partial charge is 0.329 e. The van der Waals surface area contributed by atoms with Crippen LogP contribution in [-0.4, -0.2) is 46.8 Å². The van der Waals surface area contributed by atoms with Crippen LogP contribution < -0.4 is 5.32 Å².